The highest BCUT2D eigenvalue weighted by Crippen LogP contribution is 2.23. The minimum Gasteiger partial charge on any atom is -0.478 e. The summed E-state index contributed by atoms with van der Waals surface area (Å²) in [6.07, 6.45) is 1.27. The van der Waals surface area contributed by atoms with Crippen LogP contribution in [0, 0.1) is 0 Å². The number of aromatic carboxylic acids is 1. The highest BCUT2D eigenvalue weighted by Gasteiger charge is 2.21. The second-order valence-corrected chi connectivity index (χ2v) is 3.81. The first-order valence-electron chi connectivity index (χ1n) is 4.51. The van der Waals surface area contributed by atoms with Crippen molar-refractivity contribution in [3.8, 4) is 0 Å². The average molecular weight is 226 g/mol. The molecule has 0 bridgehead atoms. The summed E-state index contributed by atoms with van der Waals surface area (Å²) >= 11 is 5.72. The van der Waals surface area contributed by atoms with E-state index < -0.39 is 5.97 Å². The van der Waals surface area contributed by atoms with Crippen LogP contribution in [-0.4, -0.2) is 21.8 Å². The van der Waals surface area contributed by atoms with Gasteiger partial charge in [-0.1, -0.05) is 11.6 Å². The number of fused-ring (bicyclic) bond motifs is 1. The van der Waals surface area contributed by atoms with Gasteiger partial charge in [-0.15, -0.1) is 0 Å². The van der Waals surface area contributed by atoms with Crippen LogP contribution in [0.25, 0.3) is 0 Å². The van der Waals surface area contributed by atoms with Crippen LogP contribution in [-0.2, 0) is 17.6 Å². The number of Topliss-reactive ketones (excluding diaryl/α,β-unsaturated/α-hetero) is 1. The molecule has 0 spiro atoms. The lowest BCUT2D eigenvalue weighted by atomic mass is 9.94. The quantitative estimate of drug-likeness (QED) is 0.736. The summed E-state index contributed by atoms with van der Waals surface area (Å²) in [7, 11) is 0. The summed E-state index contributed by atoms with van der Waals surface area (Å²) in [5.74, 6) is -1.00. The maximum Gasteiger partial charge on any atom is 0.338 e. The Morgan fingerprint density at radius 3 is 2.87 bits per heavy atom. The van der Waals surface area contributed by atoms with E-state index in [9.17, 15) is 9.59 Å². The molecule has 0 fully saturated rings. The molecular formula is C10H8ClNO3. The largest absolute Gasteiger partial charge is 0.478 e. The number of hydrogen-bond acceptors (Lipinski definition) is 3. The van der Waals surface area contributed by atoms with Crippen LogP contribution in [0.4, 0.5) is 0 Å². The summed E-state index contributed by atoms with van der Waals surface area (Å²) in [6.45, 7) is 0. The molecule has 1 N–H and O–H groups in total. The molecule has 2 rings (SSSR count). The van der Waals surface area contributed by atoms with E-state index in [1.807, 2.05) is 0 Å². The van der Waals surface area contributed by atoms with Crippen LogP contribution in [0.3, 0.4) is 0 Å². The Bertz CT molecular complexity index is 456. The van der Waals surface area contributed by atoms with Crippen molar-refractivity contribution < 1.29 is 14.7 Å². The van der Waals surface area contributed by atoms with Gasteiger partial charge in [0.05, 0.1) is 5.56 Å². The number of aromatic nitrogens is 1. The van der Waals surface area contributed by atoms with Gasteiger partial charge in [-0.3, -0.25) is 4.79 Å². The molecule has 0 saturated heterocycles. The number of aryl methyl sites for hydroxylation is 1. The number of nitrogens with zero attached hydrogens (tertiary/aromatic N) is 1. The van der Waals surface area contributed by atoms with E-state index in [0.29, 0.717) is 18.4 Å². The molecule has 0 radical (unpaired) electrons. The fourth-order valence-corrected chi connectivity index (χ4v) is 1.88. The smallest absolute Gasteiger partial charge is 0.338 e. The second kappa shape index (κ2) is 3.62. The second-order valence-electron chi connectivity index (χ2n) is 3.45. The molecule has 0 aliphatic heterocycles. The summed E-state index contributed by atoms with van der Waals surface area (Å²) in [5.41, 5.74) is 1.39. The van der Waals surface area contributed by atoms with Crippen molar-refractivity contribution in [3.63, 3.8) is 0 Å². The van der Waals surface area contributed by atoms with Crippen LogP contribution in [0.5, 0.6) is 0 Å². The number of pyridine rings is 1. The molecule has 1 aromatic heterocycles. The van der Waals surface area contributed by atoms with Crippen molar-refractivity contribution in [1.82, 2.24) is 4.98 Å². The van der Waals surface area contributed by atoms with E-state index in [1.54, 1.807) is 0 Å². The van der Waals surface area contributed by atoms with Crippen molar-refractivity contribution in [1.29, 1.82) is 0 Å². The predicted molar refractivity (Wildman–Crippen MR) is 53.2 cm³/mol. The number of hydrogen-bond donors (Lipinski definition) is 1. The first-order valence-corrected chi connectivity index (χ1v) is 4.89. The van der Waals surface area contributed by atoms with Crippen LogP contribution in [0.1, 0.15) is 28.0 Å². The zero-order valence-corrected chi connectivity index (χ0v) is 8.54. The van der Waals surface area contributed by atoms with Gasteiger partial charge in [0.15, 0.2) is 0 Å². The van der Waals surface area contributed by atoms with Gasteiger partial charge in [-0.05, 0) is 18.1 Å². The Balaban J connectivity index is 2.51. The van der Waals surface area contributed by atoms with Crippen molar-refractivity contribution >= 4 is 23.4 Å². The van der Waals surface area contributed by atoms with Crippen molar-refractivity contribution in [2.75, 3.05) is 0 Å². The zero-order chi connectivity index (χ0) is 11.0. The number of carbonyl (C=O) groups excluding carboxylic acids is 1. The van der Waals surface area contributed by atoms with Crippen LogP contribution >= 0.6 is 11.6 Å². The molecule has 0 aromatic carbocycles. The molecular weight excluding hydrogens is 218 g/mol. The van der Waals surface area contributed by atoms with Gasteiger partial charge in [0.1, 0.15) is 10.9 Å². The fourth-order valence-electron chi connectivity index (χ4n) is 1.65. The number of halogens is 1. The maximum absolute atomic E-state index is 11.2. The summed E-state index contributed by atoms with van der Waals surface area (Å²) in [5, 5.41) is 8.82. The Morgan fingerprint density at radius 1 is 1.47 bits per heavy atom. The Labute approximate surface area is 90.9 Å². The van der Waals surface area contributed by atoms with E-state index in [1.165, 1.54) is 6.07 Å². The summed E-state index contributed by atoms with van der Waals surface area (Å²) in [6, 6.07) is 1.45. The highest BCUT2D eigenvalue weighted by molar-refractivity contribution is 6.32. The molecule has 78 valence electrons. The van der Waals surface area contributed by atoms with Gasteiger partial charge in [0.2, 0.25) is 0 Å². The topological polar surface area (TPSA) is 67.3 Å². The van der Waals surface area contributed by atoms with Crippen LogP contribution < -0.4 is 0 Å². The van der Waals surface area contributed by atoms with E-state index in [0.717, 1.165) is 5.69 Å². The lowest BCUT2D eigenvalue weighted by molar-refractivity contribution is -0.118. The Kier molecular flexibility index (Phi) is 2.44. The van der Waals surface area contributed by atoms with E-state index in [4.69, 9.17) is 16.7 Å². The van der Waals surface area contributed by atoms with Gasteiger partial charge in [-0.25, -0.2) is 9.78 Å². The predicted octanol–water partition coefficient (Wildman–Crippen LogP) is 1.49. The monoisotopic (exact) mass is 225 g/mol. The lowest BCUT2D eigenvalue weighted by Gasteiger charge is -2.14. The first kappa shape index (κ1) is 10.1. The van der Waals surface area contributed by atoms with Crippen molar-refractivity contribution in [2.45, 2.75) is 19.3 Å². The lowest BCUT2D eigenvalue weighted by Crippen LogP contribution is -2.16. The molecule has 0 saturated carbocycles. The first-order chi connectivity index (χ1) is 7.08. The third-order valence-corrected chi connectivity index (χ3v) is 2.69. The molecule has 15 heavy (non-hydrogen) atoms. The number of ketones is 1. The maximum atomic E-state index is 11.2. The average Bonchev–Trinajstić information content (AvgIpc) is 2.17. The summed E-state index contributed by atoms with van der Waals surface area (Å²) in [4.78, 5) is 26.0. The number of carboxylic acids is 1. The van der Waals surface area contributed by atoms with Gasteiger partial charge in [0, 0.05) is 18.5 Å². The normalized spacial score (nSPS) is 14.9. The SMILES string of the molecule is O=C1CCc2nc(Cl)c(C(=O)O)cc2C1. The van der Waals surface area contributed by atoms with E-state index >= 15 is 0 Å². The Hall–Kier alpha value is -1.42. The van der Waals surface area contributed by atoms with Gasteiger partial charge >= 0.3 is 5.97 Å². The van der Waals surface area contributed by atoms with Crippen LogP contribution in [0.2, 0.25) is 5.15 Å². The molecule has 1 aromatic rings. The molecule has 0 atom stereocenters. The molecule has 1 aliphatic rings. The van der Waals surface area contributed by atoms with Gasteiger partial charge < -0.3 is 5.11 Å². The molecule has 4 nitrogen and oxygen atoms in total. The molecule has 1 aliphatic carbocycles. The molecule has 1 heterocycles. The Morgan fingerprint density at radius 2 is 2.20 bits per heavy atom. The minimum absolute atomic E-state index is 0.00408. The third-order valence-electron chi connectivity index (χ3n) is 2.40. The van der Waals surface area contributed by atoms with Crippen molar-refractivity contribution in [3.05, 3.63) is 28.0 Å². The van der Waals surface area contributed by atoms with Gasteiger partial charge in [-0.2, -0.15) is 0 Å². The highest BCUT2D eigenvalue weighted by atomic mass is 35.5. The van der Waals surface area contributed by atoms with E-state index in [-0.39, 0.29) is 22.9 Å². The van der Waals surface area contributed by atoms with E-state index in [2.05, 4.69) is 4.98 Å². The molecule has 0 amide bonds. The zero-order valence-electron chi connectivity index (χ0n) is 7.79. The van der Waals surface area contributed by atoms with Crippen molar-refractivity contribution in [2.24, 2.45) is 0 Å². The molecule has 0 unspecified atom stereocenters. The molecule has 5 heteroatoms. The minimum atomic E-state index is -1.12. The number of carbonyl (C=O) groups is 2. The number of rotatable bonds is 1. The summed E-state index contributed by atoms with van der Waals surface area (Å²) < 4.78 is 0. The third kappa shape index (κ3) is 1.85. The standard InChI is InChI=1S/C10H8ClNO3/c11-9-7(10(14)15)4-5-3-6(13)1-2-8(5)12-9/h4H,1-3H2,(H,14,15). The number of carboxylic acid groups (broad SMARTS) is 1. The van der Waals surface area contributed by atoms with Crippen LogP contribution in [0.15, 0.2) is 6.07 Å². The fraction of sp³-hybridized carbons (Fsp3) is 0.300. The van der Waals surface area contributed by atoms with Gasteiger partial charge in [0.25, 0.3) is 0 Å².